The number of hydrogen-bond donors (Lipinski definition) is 0. The van der Waals surface area contributed by atoms with Gasteiger partial charge < -0.3 is 4.74 Å². The van der Waals surface area contributed by atoms with Crippen LogP contribution in [0.2, 0.25) is 0 Å². The van der Waals surface area contributed by atoms with Crippen LogP contribution in [0.5, 0.6) is 5.75 Å². The summed E-state index contributed by atoms with van der Waals surface area (Å²) in [6.45, 7) is 8.41. The zero-order valence-electron chi connectivity index (χ0n) is 12.6. The van der Waals surface area contributed by atoms with Gasteiger partial charge >= 0.3 is 0 Å². The summed E-state index contributed by atoms with van der Waals surface area (Å²) in [4.78, 5) is 10.9. The van der Waals surface area contributed by atoms with Crippen LogP contribution in [0.1, 0.15) is 39.2 Å². The lowest BCUT2D eigenvalue weighted by molar-refractivity contribution is -0.118. The Morgan fingerprint density at radius 2 is 1.70 bits per heavy atom. The molecule has 0 aromatic heterocycles. The molecule has 2 nitrogen and oxygen atoms in total. The highest BCUT2D eigenvalue weighted by atomic mass is 16.5. The summed E-state index contributed by atoms with van der Waals surface area (Å²) in [5.74, 6) is 1.96. The standard InChI is InChI=1S/C18H22O2/c1-12(2)14(4)15-5-6-17-10-18(20-11-13(3)19)8-7-16(17)9-15/h5-10,12,14H,11H2,1-4H3. The van der Waals surface area contributed by atoms with Crippen molar-refractivity contribution in [2.45, 2.75) is 33.6 Å². The van der Waals surface area contributed by atoms with Crippen molar-refractivity contribution in [2.24, 2.45) is 5.92 Å². The summed E-state index contributed by atoms with van der Waals surface area (Å²) >= 11 is 0. The Kier molecular flexibility index (Phi) is 4.43. The monoisotopic (exact) mass is 270 g/mol. The summed E-state index contributed by atoms with van der Waals surface area (Å²) in [6.07, 6.45) is 0. The summed E-state index contributed by atoms with van der Waals surface area (Å²) in [5.41, 5.74) is 1.37. The number of fused-ring (bicyclic) bond motifs is 1. The molecule has 0 radical (unpaired) electrons. The maximum Gasteiger partial charge on any atom is 0.167 e. The van der Waals surface area contributed by atoms with Gasteiger partial charge in [0.25, 0.3) is 0 Å². The SMILES string of the molecule is CC(=O)COc1ccc2cc(C(C)C(C)C)ccc2c1. The van der Waals surface area contributed by atoms with Crippen molar-refractivity contribution in [1.82, 2.24) is 0 Å². The first kappa shape index (κ1) is 14.6. The summed E-state index contributed by atoms with van der Waals surface area (Å²) in [6, 6.07) is 12.5. The Balaban J connectivity index is 2.27. The predicted octanol–water partition coefficient (Wildman–Crippen LogP) is 4.57. The fraction of sp³-hybridized carbons (Fsp3) is 0.389. The highest BCUT2D eigenvalue weighted by molar-refractivity contribution is 5.85. The topological polar surface area (TPSA) is 26.3 Å². The van der Waals surface area contributed by atoms with Crippen LogP contribution in [0.25, 0.3) is 10.8 Å². The van der Waals surface area contributed by atoms with Gasteiger partial charge in [0.1, 0.15) is 12.4 Å². The van der Waals surface area contributed by atoms with Crippen molar-refractivity contribution in [1.29, 1.82) is 0 Å². The first-order valence-electron chi connectivity index (χ1n) is 7.13. The highest BCUT2D eigenvalue weighted by Crippen LogP contribution is 2.28. The lowest BCUT2D eigenvalue weighted by Gasteiger charge is -2.16. The van der Waals surface area contributed by atoms with Crippen LogP contribution >= 0.6 is 0 Å². The molecule has 0 N–H and O–H groups in total. The van der Waals surface area contributed by atoms with Gasteiger partial charge in [0.2, 0.25) is 0 Å². The van der Waals surface area contributed by atoms with Gasteiger partial charge in [-0.25, -0.2) is 0 Å². The minimum Gasteiger partial charge on any atom is -0.486 e. The molecule has 0 spiro atoms. The lowest BCUT2D eigenvalue weighted by atomic mass is 9.89. The first-order chi connectivity index (χ1) is 9.47. The van der Waals surface area contributed by atoms with Crippen molar-refractivity contribution < 1.29 is 9.53 Å². The maximum absolute atomic E-state index is 10.9. The zero-order valence-corrected chi connectivity index (χ0v) is 12.6. The highest BCUT2D eigenvalue weighted by Gasteiger charge is 2.10. The Hall–Kier alpha value is -1.83. The molecule has 0 saturated carbocycles. The van der Waals surface area contributed by atoms with Crippen molar-refractivity contribution >= 4 is 16.6 Å². The molecule has 106 valence electrons. The second-order valence-corrected chi connectivity index (χ2v) is 5.79. The van der Waals surface area contributed by atoms with Gasteiger partial charge in [-0.3, -0.25) is 4.79 Å². The molecule has 0 heterocycles. The molecule has 0 aliphatic carbocycles. The number of carbonyl (C=O) groups excluding carboxylic acids is 1. The molecular weight excluding hydrogens is 248 g/mol. The molecule has 0 fully saturated rings. The van der Waals surface area contributed by atoms with E-state index in [4.69, 9.17) is 4.74 Å². The number of Topliss-reactive ketones (excluding diaryl/α,β-unsaturated/α-hetero) is 1. The molecule has 0 bridgehead atoms. The number of rotatable bonds is 5. The average Bonchev–Trinajstić information content (AvgIpc) is 2.43. The summed E-state index contributed by atoms with van der Waals surface area (Å²) in [7, 11) is 0. The van der Waals surface area contributed by atoms with Gasteiger partial charge in [0.05, 0.1) is 0 Å². The molecule has 1 atom stereocenters. The van der Waals surface area contributed by atoms with Gasteiger partial charge in [-0.05, 0) is 47.2 Å². The quantitative estimate of drug-likeness (QED) is 0.795. The van der Waals surface area contributed by atoms with Crippen molar-refractivity contribution in [3.8, 4) is 5.75 Å². The van der Waals surface area contributed by atoms with E-state index in [9.17, 15) is 4.79 Å². The van der Waals surface area contributed by atoms with Crippen LogP contribution in [0, 0.1) is 5.92 Å². The second kappa shape index (κ2) is 6.08. The van der Waals surface area contributed by atoms with E-state index in [1.54, 1.807) is 0 Å². The predicted molar refractivity (Wildman–Crippen MR) is 83.4 cm³/mol. The first-order valence-corrected chi connectivity index (χ1v) is 7.13. The van der Waals surface area contributed by atoms with Gasteiger partial charge in [0.15, 0.2) is 5.78 Å². The van der Waals surface area contributed by atoms with E-state index in [2.05, 4.69) is 45.0 Å². The van der Waals surface area contributed by atoms with Crippen LogP contribution < -0.4 is 4.74 Å². The van der Waals surface area contributed by atoms with Gasteiger partial charge in [-0.2, -0.15) is 0 Å². The molecule has 2 aromatic rings. The van der Waals surface area contributed by atoms with Crippen molar-refractivity contribution in [3.63, 3.8) is 0 Å². The fourth-order valence-electron chi connectivity index (χ4n) is 2.19. The third-order valence-corrected chi connectivity index (χ3v) is 3.80. The van der Waals surface area contributed by atoms with E-state index >= 15 is 0 Å². The van der Waals surface area contributed by atoms with E-state index in [-0.39, 0.29) is 12.4 Å². The average molecular weight is 270 g/mol. The minimum atomic E-state index is 0.0335. The normalized spacial score (nSPS) is 12.7. The fourth-order valence-corrected chi connectivity index (χ4v) is 2.19. The molecule has 0 aliphatic rings. The van der Waals surface area contributed by atoms with E-state index in [1.807, 2.05) is 12.1 Å². The van der Waals surface area contributed by atoms with Crippen molar-refractivity contribution in [2.75, 3.05) is 6.61 Å². The van der Waals surface area contributed by atoms with Crippen LogP contribution in [0.4, 0.5) is 0 Å². The molecule has 1 unspecified atom stereocenters. The second-order valence-electron chi connectivity index (χ2n) is 5.79. The minimum absolute atomic E-state index is 0.0335. The zero-order chi connectivity index (χ0) is 14.7. The third-order valence-electron chi connectivity index (χ3n) is 3.80. The number of carbonyl (C=O) groups is 1. The number of ether oxygens (including phenoxy) is 1. The van der Waals surface area contributed by atoms with E-state index in [0.717, 1.165) is 11.1 Å². The van der Waals surface area contributed by atoms with E-state index < -0.39 is 0 Å². The Morgan fingerprint density at radius 3 is 2.35 bits per heavy atom. The van der Waals surface area contributed by atoms with Gasteiger partial charge in [0, 0.05) is 0 Å². The smallest absolute Gasteiger partial charge is 0.167 e. The van der Waals surface area contributed by atoms with Crippen LogP contribution in [0.15, 0.2) is 36.4 Å². The molecular formula is C18H22O2. The third kappa shape index (κ3) is 3.38. The molecule has 0 aliphatic heterocycles. The molecule has 2 aromatic carbocycles. The van der Waals surface area contributed by atoms with E-state index in [0.29, 0.717) is 11.8 Å². The molecule has 0 amide bonds. The molecule has 20 heavy (non-hydrogen) atoms. The van der Waals surface area contributed by atoms with E-state index in [1.165, 1.54) is 17.9 Å². The van der Waals surface area contributed by atoms with Gasteiger partial charge in [-0.15, -0.1) is 0 Å². The Morgan fingerprint density at radius 1 is 1.05 bits per heavy atom. The summed E-state index contributed by atoms with van der Waals surface area (Å²) in [5, 5.41) is 2.36. The van der Waals surface area contributed by atoms with Crippen LogP contribution in [-0.2, 0) is 4.79 Å². The summed E-state index contributed by atoms with van der Waals surface area (Å²) < 4.78 is 5.44. The molecule has 2 rings (SSSR count). The molecule has 0 saturated heterocycles. The molecule has 2 heteroatoms. The van der Waals surface area contributed by atoms with Crippen molar-refractivity contribution in [3.05, 3.63) is 42.0 Å². The van der Waals surface area contributed by atoms with Gasteiger partial charge in [-0.1, -0.05) is 45.0 Å². The van der Waals surface area contributed by atoms with Crippen LogP contribution in [-0.4, -0.2) is 12.4 Å². The largest absolute Gasteiger partial charge is 0.486 e. The number of benzene rings is 2. The number of ketones is 1. The Labute approximate surface area is 120 Å². The Bertz CT molecular complexity index is 614. The lowest BCUT2D eigenvalue weighted by Crippen LogP contribution is -2.06. The van der Waals surface area contributed by atoms with Crippen LogP contribution in [0.3, 0.4) is 0 Å². The maximum atomic E-state index is 10.9. The number of hydrogen-bond acceptors (Lipinski definition) is 2.